The lowest BCUT2D eigenvalue weighted by atomic mass is 10.0. The molecule has 3 rings (SSSR count). The summed E-state index contributed by atoms with van der Waals surface area (Å²) in [5, 5.41) is 8.77. The van der Waals surface area contributed by atoms with Gasteiger partial charge in [-0.1, -0.05) is 49.4 Å². The van der Waals surface area contributed by atoms with E-state index in [1.165, 1.54) is 0 Å². The molecule has 0 heterocycles. The van der Waals surface area contributed by atoms with Crippen molar-refractivity contribution < 1.29 is 19.1 Å². The summed E-state index contributed by atoms with van der Waals surface area (Å²) in [5.41, 5.74) is 4.41. The van der Waals surface area contributed by atoms with E-state index < -0.39 is 5.91 Å². The largest absolute Gasteiger partial charge is 0.497 e. The average Bonchev–Trinajstić information content (AvgIpc) is 2.87. The minimum atomic E-state index is -0.393. The van der Waals surface area contributed by atoms with Crippen LogP contribution in [-0.4, -0.2) is 38.3 Å². The van der Waals surface area contributed by atoms with Gasteiger partial charge in [0.2, 0.25) is 5.91 Å². The third-order valence-corrected chi connectivity index (χ3v) is 5.25. The fourth-order valence-electron chi connectivity index (χ4n) is 3.47. The van der Waals surface area contributed by atoms with E-state index in [2.05, 4.69) is 15.8 Å². The SMILES string of the molecule is CCCOc1ccc2ccccc2c1/C=N/NC(=O)CNC(=O)CCCc1ccc(OC)cc1. The van der Waals surface area contributed by atoms with E-state index >= 15 is 0 Å². The summed E-state index contributed by atoms with van der Waals surface area (Å²) in [6.45, 7) is 2.51. The van der Waals surface area contributed by atoms with Crippen LogP contribution < -0.4 is 20.2 Å². The summed E-state index contributed by atoms with van der Waals surface area (Å²) in [6, 6.07) is 19.6. The Kier molecular flexibility index (Phi) is 9.46. The number of methoxy groups -OCH3 is 1. The lowest BCUT2D eigenvalue weighted by Gasteiger charge is -2.11. The predicted molar refractivity (Wildman–Crippen MR) is 134 cm³/mol. The van der Waals surface area contributed by atoms with Crippen molar-refractivity contribution >= 4 is 28.8 Å². The van der Waals surface area contributed by atoms with Gasteiger partial charge in [0.25, 0.3) is 5.91 Å². The molecule has 0 fully saturated rings. The van der Waals surface area contributed by atoms with E-state index in [9.17, 15) is 9.59 Å². The lowest BCUT2D eigenvalue weighted by molar-refractivity contribution is -0.126. The van der Waals surface area contributed by atoms with Crippen molar-refractivity contribution in [3.05, 3.63) is 71.8 Å². The van der Waals surface area contributed by atoms with Crippen LogP contribution in [-0.2, 0) is 16.0 Å². The van der Waals surface area contributed by atoms with E-state index in [0.717, 1.165) is 40.5 Å². The van der Waals surface area contributed by atoms with Crippen LogP contribution in [0.2, 0.25) is 0 Å². The van der Waals surface area contributed by atoms with E-state index in [4.69, 9.17) is 9.47 Å². The topological polar surface area (TPSA) is 89.0 Å². The third kappa shape index (κ3) is 7.33. The molecule has 0 aliphatic carbocycles. The Hall–Kier alpha value is -3.87. The van der Waals surface area contributed by atoms with Gasteiger partial charge in [-0.25, -0.2) is 5.43 Å². The predicted octanol–water partition coefficient (Wildman–Crippen LogP) is 4.23. The number of ether oxygens (including phenoxy) is 2. The molecule has 7 heteroatoms. The van der Waals surface area contributed by atoms with Crippen molar-refractivity contribution in [2.24, 2.45) is 5.10 Å². The number of carbonyl (C=O) groups excluding carboxylic acids is 2. The number of benzene rings is 3. The van der Waals surface area contributed by atoms with Gasteiger partial charge in [-0.2, -0.15) is 5.10 Å². The molecule has 2 N–H and O–H groups in total. The number of amides is 2. The number of hydrogen-bond acceptors (Lipinski definition) is 5. The number of nitrogens with zero attached hydrogens (tertiary/aromatic N) is 1. The molecule has 0 bridgehead atoms. The van der Waals surface area contributed by atoms with Crippen molar-refractivity contribution in [1.82, 2.24) is 10.7 Å². The first-order chi connectivity index (χ1) is 16.6. The normalized spacial score (nSPS) is 10.9. The number of hydrogen-bond donors (Lipinski definition) is 2. The van der Waals surface area contributed by atoms with E-state index in [-0.39, 0.29) is 12.5 Å². The molecule has 0 atom stereocenters. The molecule has 0 spiro atoms. The van der Waals surface area contributed by atoms with Crippen molar-refractivity contribution in [2.75, 3.05) is 20.3 Å². The maximum atomic E-state index is 12.1. The molecule has 7 nitrogen and oxygen atoms in total. The summed E-state index contributed by atoms with van der Waals surface area (Å²) in [6.07, 6.45) is 4.29. The summed E-state index contributed by atoms with van der Waals surface area (Å²) in [7, 11) is 1.63. The maximum Gasteiger partial charge on any atom is 0.259 e. The Morgan fingerprint density at radius 3 is 2.56 bits per heavy atom. The highest BCUT2D eigenvalue weighted by atomic mass is 16.5. The molecule has 0 saturated heterocycles. The zero-order valence-corrected chi connectivity index (χ0v) is 19.7. The van der Waals surface area contributed by atoms with Crippen LogP contribution in [0.1, 0.15) is 37.3 Å². The van der Waals surface area contributed by atoms with Gasteiger partial charge in [-0.15, -0.1) is 0 Å². The summed E-state index contributed by atoms with van der Waals surface area (Å²) < 4.78 is 11.0. The molecular weight excluding hydrogens is 430 g/mol. The minimum absolute atomic E-state index is 0.132. The van der Waals surface area contributed by atoms with Gasteiger partial charge < -0.3 is 14.8 Å². The van der Waals surface area contributed by atoms with Gasteiger partial charge in [0, 0.05) is 12.0 Å². The number of aryl methyl sites for hydroxylation is 1. The van der Waals surface area contributed by atoms with Gasteiger partial charge in [0.15, 0.2) is 0 Å². The highest BCUT2D eigenvalue weighted by Crippen LogP contribution is 2.26. The molecular formula is C27H31N3O4. The van der Waals surface area contributed by atoms with E-state index in [1.54, 1.807) is 13.3 Å². The first-order valence-electron chi connectivity index (χ1n) is 11.5. The molecule has 178 valence electrons. The maximum absolute atomic E-state index is 12.1. The molecule has 3 aromatic carbocycles. The summed E-state index contributed by atoms with van der Waals surface area (Å²) in [4.78, 5) is 24.2. The van der Waals surface area contributed by atoms with Gasteiger partial charge >= 0.3 is 0 Å². The van der Waals surface area contributed by atoms with Crippen LogP contribution in [0.4, 0.5) is 0 Å². The van der Waals surface area contributed by atoms with Crippen molar-refractivity contribution in [3.8, 4) is 11.5 Å². The standard InChI is InChI=1S/C27H31N3O4/c1-3-17-34-25-16-13-21-8-4-5-9-23(21)24(25)18-29-30-27(32)19-28-26(31)10-6-7-20-11-14-22(33-2)15-12-20/h4-5,8-9,11-16,18H,3,6-7,10,17,19H2,1-2H3,(H,28,31)(H,30,32)/b29-18+. The van der Waals surface area contributed by atoms with Crippen LogP contribution in [0.5, 0.6) is 11.5 Å². The third-order valence-electron chi connectivity index (χ3n) is 5.25. The Bertz CT molecular complexity index is 1130. The van der Waals surface area contributed by atoms with E-state index in [1.807, 2.05) is 67.6 Å². The number of fused-ring (bicyclic) bond motifs is 1. The summed E-state index contributed by atoms with van der Waals surface area (Å²) >= 11 is 0. The van der Waals surface area contributed by atoms with E-state index in [0.29, 0.717) is 25.2 Å². The van der Waals surface area contributed by atoms with Crippen molar-refractivity contribution in [1.29, 1.82) is 0 Å². The molecule has 0 aromatic heterocycles. The fourth-order valence-corrected chi connectivity index (χ4v) is 3.47. The molecule has 0 aliphatic rings. The zero-order valence-electron chi connectivity index (χ0n) is 19.7. The van der Waals surface area contributed by atoms with Crippen LogP contribution in [0, 0.1) is 0 Å². The van der Waals surface area contributed by atoms with Crippen molar-refractivity contribution in [3.63, 3.8) is 0 Å². The van der Waals surface area contributed by atoms with Crippen LogP contribution in [0.3, 0.4) is 0 Å². The average molecular weight is 462 g/mol. The van der Waals surface area contributed by atoms with Crippen molar-refractivity contribution in [2.45, 2.75) is 32.6 Å². The second-order valence-electron chi connectivity index (χ2n) is 7.82. The first-order valence-corrected chi connectivity index (χ1v) is 11.5. The number of rotatable bonds is 12. The number of carbonyl (C=O) groups is 2. The summed E-state index contributed by atoms with van der Waals surface area (Å²) in [5.74, 6) is 0.956. The Morgan fingerprint density at radius 2 is 1.79 bits per heavy atom. The van der Waals surface area contributed by atoms with Crippen LogP contribution >= 0.6 is 0 Å². The van der Waals surface area contributed by atoms with Gasteiger partial charge in [-0.05, 0) is 53.8 Å². The first kappa shape index (κ1) is 24.8. The second kappa shape index (κ2) is 13.0. The molecule has 0 saturated carbocycles. The lowest BCUT2D eigenvalue weighted by Crippen LogP contribution is -2.34. The van der Waals surface area contributed by atoms with Gasteiger partial charge in [0.1, 0.15) is 11.5 Å². The second-order valence-corrected chi connectivity index (χ2v) is 7.82. The molecule has 0 unspecified atom stereocenters. The Labute approximate surface area is 200 Å². The van der Waals surface area contributed by atoms with Gasteiger partial charge in [-0.3, -0.25) is 9.59 Å². The molecule has 2 amide bonds. The van der Waals surface area contributed by atoms with Gasteiger partial charge in [0.05, 0.1) is 26.5 Å². The highest BCUT2D eigenvalue weighted by molar-refractivity contribution is 6.02. The Morgan fingerprint density at radius 1 is 1.00 bits per heavy atom. The molecule has 34 heavy (non-hydrogen) atoms. The molecule has 3 aromatic rings. The number of nitrogens with one attached hydrogen (secondary N) is 2. The monoisotopic (exact) mass is 461 g/mol. The molecule has 0 aliphatic heterocycles. The number of hydrazone groups is 1. The smallest absolute Gasteiger partial charge is 0.259 e. The fraction of sp³-hybridized carbons (Fsp3) is 0.296. The Balaban J connectivity index is 1.46. The van der Waals surface area contributed by atoms with Crippen LogP contribution in [0.25, 0.3) is 10.8 Å². The molecule has 0 radical (unpaired) electrons. The quantitative estimate of drug-likeness (QED) is 0.312. The highest BCUT2D eigenvalue weighted by Gasteiger charge is 2.08. The minimum Gasteiger partial charge on any atom is -0.497 e. The van der Waals surface area contributed by atoms with Crippen LogP contribution in [0.15, 0.2) is 65.8 Å². The zero-order chi connectivity index (χ0) is 24.2.